The highest BCUT2D eigenvalue weighted by molar-refractivity contribution is 7.99. The van der Waals surface area contributed by atoms with Crippen LogP contribution in [0.3, 0.4) is 0 Å². The largest absolute Gasteiger partial charge is 0.332 e. The van der Waals surface area contributed by atoms with Crippen LogP contribution in [0.4, 0.5) is 0 Å². The molecule has 0 aliphatic carbocycles. The van der Waals surface area contributed by atoms with Crippen LogP contribution in [0.1, 0.15) is 55.1 Å². The number of hydrogen-bond acceptors (Lipinski definition) is 3. The van der Waals surface area contributed by atoms with Crippen LogP contribution in [0, 0.1) is 0 Å². The molecule has 3 nitrogen and oxygen atoms in total. The van der Waals surface area contributed by atoms with Gasteiger partial charge in [-0.05, 0) is 37.5 Å². The van der Waals surface area contributed by atoms with Gasteiger partial charge in [0.25, 0.3) is 5.91 Å². The Hall–Kier alpha value is -1.81. The molecule has 1 fully saturated rings. The molecule has 0 N–H and O–H groups in total. The fraction of sp³-hybridized carbons (Fsp3) is 0.400. The van der Waals surface area contributed by atoms with Crippen LogP contribution in [0.15, 0.2) is 53.7 Å². The number of rotatable bonds is 4. The van der Waals surface area contributed by atoms with Gasteiger partial charge in [0.15, 0.2) is 0 Å². The van der Waals surface area contributed by atoms with E-state index in [2.05, 4.69) is 24.9 Å². The van der Waals surface area contributed by atoms with E-state index in [9.17, 15) is 4.79 Å². The molecule has 24 heavy (non-hydrogen) atoms. The summed E-state index contributed by atoms with van der Waals surface area (Å²) in [6, 6.07) is 13.9. The zero-order valence-electron chi connectivity index (χ0n) is 14.3. The second-order valence-electron chi connectivity index (χ2n) is 6.44. The summed E-state index contributed by atoms with van der Waals surface area (Å²) in [6.07, 6.45) is 5.09. The molecule has 0 spiro atoms. The third kappa shape index (κ3) is 3.81. The van der Waals surface area contributed by atoms with Gasteiger partial charge in [0.05, 0.1) is 6.04 Å². The molecular formula is C20H24N2OS. The Bertz CT molecular complexity index is 687. The first-order valence-electron chi connectivity index (χ1n) is 8.64. The van der Waals surface area contributed by atoms with E-state index in [4.69, 9.17) is 0 Å². The monoisotopic (exact) mass is 340 g/mol. The van der Waals surface area contributed by atoms with E-state index in [-0.39, 0.29) is 11.9 Å². The van der Waals surface area contributed by atoms with E-state index in [1.54, 1.807) is 11.8 Å². The van der Waals surface area contributed by atoms with Crippen LogP contribution >= 0.6 is 11.8 Å². The summed E-state index contributed by atoms with van der Waals surface area (Å²) >= 11 is 1.78. The molecule has 1 aromatic carbocycles. The van der Waals surface area contributed by atoms with Crippen molar-refractivity contribution >= 4 is 17.7 Å². The molecule has 1 aliphatic heterocycles. The average molecular weight is 340 g/mol. The number of carbonyl (C=O) groups is 1. The van der Waals surface area contributed by atoms with Crippen molar-refractivity contribution in [2.24, 2.45) is 0 Å². The lowest BCUT2D eigenvalue weighted by atomic mass is 9.95. The van der Waals surface area contributed by atoms with Gasteiger partial charge in [-0.2, -0.15) is 0 Å². The molecule has 3 rings (SSSR count). The van der Waals surface area contributed by atoms with E-state index in [0.717, 1.165) is 36.4 Å². The van der Waals surface area contributed by atoms with Crippen molar-refractivity contribution < 1.29 is 4.79 Å². The number of amides is 1. The fourth-order valence-corrected chi connectivity index (χ4v) is 4.13. The van der Waals surface area contributed by atoms with Crippen LogP contribution in [0.2, 0.25) is 0 Å². The first-order chi connectivity index (χ1) is 11.7. The Morgan fingerprint density at radius 2 is 1.96 bits per heavy atom. The molecule has 1 atom stereocenters. The smallest absolute Gasteiger partial charge is 0.254 e. The molecule has 2 heterocycles. The molecule has 1 aromatic heterocycles. The Morgan fingerprint density at radius 1 is 1.17 bits per heavy atom. The number of likely N-dealkylation sites (tertiary alicyclic amines) is 1. The fourth-order valence-electron chi connectivity index (χ4n) is 3.22. The third-order valence-corrected chi connectivity index (χ3v) is 5.33. The Kier molecular flexibility index (Phi) is 5.56. The molecule has 4 heteroatoms. The van der Waals surface area contributed by atoms with Crippen molar-refractivity contribution in [3.63, 3.8) is 0 Å². The number of hydrogen-bond donors (Lipinski definition) is 0. The van der Waals surface area contributed by atoms with E-state index >= 15 is 0 Å². The van der Waals surface area contributed by atoms with Crippen molar-refractivity contribution in [3.8, 4) is 0 Å². The van der Waals surface area contributed by atoms with E-state index < -0.39 is 0 Å². The number of piperidine rings is 1. The minimum Gasteiger partial charge on any atom is -0.332 e. The zero-order chi connectivity index (χ0) is 16.9. The molecule has 0 unspecified atom stereocenters. The molecule has 1 amide bonds. The van der Waals surface area contributed by atoms with Crippen LogP contribution in [-0.2, 0) is 0 Å². The topological polar surface area (TPSA) is 33.2 Å². The third-order valence-electron chi connectivity index (χ3n) is 4.29. The molecule has 126 valence electrons. The molecular weight excluding hydrogens is 316 g/mol. The van der Waals surface area contributed by atoms with Crippen LogP contribution in [-0.4, -0.2) is 27.6 Å². The SMILES string of the molecule is CC(C)Sc1ncccc1[C@H]1CCCCN1C(=O)c1ccccc1. The maximum atomic E-state index is 13.0. The Balaban J connectivity index is 1.92. The number of aromatic nitrogens is 1. The summed E-state index contributed by atoms with van der Waals surface area (Å²) in [6.45, 7) is 5.17. The summed E-state index contributed by atoms with van der Waals surface area (Å²) in [5.41, 5.74) is 1.96. The lowest BCUT2D eigenvalue weighted by Crippen LogP contribution is -2.38. The van der Waals surface area contributed by atoms with Crippen LogP contribution in [0.5, 0.6) is 0 Å². The van der Waals surface area contributed by atoms with Gasteiger partial charge in [0.1, 0.15) is 5.03 Å². The van der Waals surface area contributed by atoms with Gasteiger partial charge in [-0.1, -0.05) is 38.1 Å². The molecule has 1 aliphatic rings. The minimum atomic E-state index is 0.126. The lowest BCUT2D eigenvalue weighted by molar-refractivity contribution is 0.0607. The zero-order valence-corrected chi connectivity index (χ0v) is 15.1. The van der Waals surface area contributed by atoms with Crippen molar-refractivity contribution in [3.05, 3.63) is 59.8 Å². The van der Waals surface area contributed by atoms with Crippen LogP contribution < -0.4 is 0 Å². The molecule has 2 aromatic rings. The first-order valence-corrected chi connectivity index (χ1v) is 9.52. The van der Waals surface area contributed by atoms with Crippen LogP contribution in [0.25, 0.3) is 0 Å². The summed E-state index contributed by atoms with van der Waals surface area (Å²) in [7, 11) is 0. The van der Waals surface area contributed by atoms with Gasteiger partial charge in [0.2, 0.25) is 0 Å². The lowest BCUT2D eigenvalue weighted by Gasteiger charge is -2.36. The highest BCUT2D eigenvalue weighted by Crippen LogP contribution is 2.37. The number of benzene rings is 1. The van der Waals surface area contributed by atoms with Gasteiger partial charge in [-0.25, -0.2) is 4.98 Å². The summed E-state index contributed by atoms with van der Waals surface area (Å²) < 4.78 is 0. The number of nitrogens with zero attached hydrogens (tertiary/aromatic N) is 2. The van der Waals surface area contributed by atoms with Gasteiger partial charge in [-0.15, -0.1) is 11.8 Å². The molecule has 0 saturated carbocycles. The minimum absolute atomic E-state index is 0.126. The number of pyridine rings is 1. The quantitative estimate of drug-likeness (QED) is 0.738. The predicted molar refractivity (Wildman–Crippen MR) is 99.3 cm³/mol. The second kappa shape index (κ2) is 7.84. The van der Waals surface area contributed by atoms with Crippen molar-refractivity contribution in [1.82, 2.24) is 9.88 Å². The van der Waals surface area contributed by atoms with E-state index in [0.29, 0.717) is 5.25 Å². The predicted octanol–water partition coefficient (Wildman–Crippen LogP) is 4.95. The maximum Gasteiger partial charge on any atom is 0.254 e. The standard InChI is InChI=1S/C20H24N2OS/c1-15(2)24-19-17(11-8-13-21-19)18-12-6-7-14-22(18)20(23)16-9-4-3-5-10-16/h3-5,8-11,13,15,18H,6-7,12,14H2,1-2H3/t18-/m1/s1. The number of carbonyl (C=O) groups excluding carboxylic acids is 1. The highest BCUT2D eigenvalue weighted by atomic mass is 32.2. The summed E-state index contributed by atoms with van der Waals surface area (Å²) in [5.74, 6) is 0.129. The average Bonchev–Trinajstić information content (AvgIpc) is 2.62. The van der Waals surface area contributed by atoms with Gasteiger partial charge < -0.3 is 4.90 Å². The second-order valence-corrected chi connectivity index (χ2v) is 8.01. The first kappa shape index (κ1) is 17.0. The van der Waals surface area contributed by atoms with Crippen molar-refractivity contribution in [2.45, 2.75) is 49.4 Å². The van der Waals surface area contributed by atoms with Crippen molar-refractivity contribution in [2.75, 3.05) is 6.54 Å². The number of thioether (sulfide) groups is 1. The Labute approximate surface area is 148 Å². The summed E-state index contributed by atoms with van der Waals surface area (Å²) in [5, 5.41) is 1.53. The van der Waals surface area contributed by atoms with Gasteiger partial charge in [-0.3, -0.25) is 4.79 Å². The Morgan fingerprint density at radius 3 is 2.71 bits per heavy atom. The van der Waals surface area contributed by atoms with Crippen molar-refractivity contribution in [1.29, 1.82) is 0 Å². The van der Waals surface area contributed by atoms with E-state index in [1.807, 2.05) is 47.5 Å². The maximum absolute atomic E-state index is 13.0. The van der Waals surface area contributed by atoms with Gasteiger partial charge >= 0.3 is 0 Å². The molecule has 1 saturated heterocycles. The highest BCUT2D eigenvalue weighted by Gasteiger charge is 2.30. The molecule has 0 radical (unpaired) electrons. The summed E-state index contributed by atoms with van der Waals surface area (Å²) in [4.78, 5) is 19.6. The van der Waals surface area contributed by atoms with Gasteiger partial charge in [0, 0.05) is 29.1 Å². The van der Waals surface area contributed by atoms with E-state index in [1.165, 1.54) is 5.56 Å². The normalized spacial score (nSPS) is 18.0. The molecule has 0 bridgehead atoms.